The van der Waals surface area contributed by atoms with Gasteiger partial charge in [0.25, 0.3) is 0 Å². The fourth-order valence-electron chi connectivity index (χ4n) is 4.13. The molecule has 1 amide bonds. The second kappa shape index (κ2) is 8.55. The second-order valence-corrected chi connectivity index (χ2v) is 8.29. The second-order valence-electron chi connectivity index (χ2n) is 8.29. The zero-order chi connectivity index (χ0) is 21.2. The Morgan fingerprint density at radius 2 is 1.97 bits per heavy atom. The van der Waals surface area contributed by atoms with Gasteiger partial charge in [-0.3, -0.25) is 4.79 Å². The third kappa shape index (κ3) is 4.49. The molecule has 1 saturated heterocycles. The smallest absolute Gasteiger partial charge is 0.229 e. The van der Waals surface area contributed by atoms with Crippen LogP contribution >= 0.6 is 0 Å². The summed E-state index contributed by atoms with van der Waals surface area (Å²) in [6, 6.07) is 13.8. The van der Waals surface area contributed by atoms with Gasteiger partial charge in [0, 0.05) is 30.9 Å². The number of carbonyl (C=O) groups excluding carboxylic acids is 1. The normalized spacial score (nSPS) is 20.9. The van der Waals surface area contributed by atoms with Crippen molar-refractivity contribution in [2.75, 3.05) is 18.5 Å². The number of carbonyl (C=O) groups is 1. The Kier molecular flexibility index (Phi) is 5.47. The van der Waals surface area contributed by atoms with Crippen molar-refractivity contribution >= 4 is 11.7 Å². The van der Waals surface area contributed by atoms with Crippen LogP contribution in [-0.2, 0) is 9.53 Å². The number of aryl methyl sites for hydroxylation is 1. The number of rotatable bonds is 6. The lowest BCUT2D eigenvalue weighted by Crippen LogP contribution is -2.26. The first kappa shape index (κ1) is 19.8. The van der Waals surface area contributed by atoms with Gasteiger partial charge in [0.2, 0.25) is 5.91 Å². The highest BCUT2D eigenvalue weighted by Crippen LogP contribution is 2.48. The van der Waals surface area contributed by atoms with E-state index in [0.29, 0.717) is 5.82 Å². The molecule has 0 spiro atoms. The number of nitrogens with one attached hydrogen (secondary N) is 1. The average molecular weight is 418 g/mol. The largest absolute Gasteiger partial charge is 0.490 e. The number of amides is 1. The minimum Gasteiger partial charge on any atom is -0.490 e. The molecule has 2 aliphatic rings. The third-order valence-corrected chi connectivity index (χ3v) is 6.02. The lowest BCUT2D eigenvalue weighted by molar-refractivity contribution is -0.117. The van der Waals surface area contributed by atoms with E-state index >= 15 is 0 Å². The van der Waals surface area contributed by atoms with Crippen LogP contribution in [0, 0.1) is 12.8 Å². The van der Waals surface area contributed by atoms with Crippen LogP contribution in [0.3, 0.4) is 0 Å². The van der Waals surface area contributed by atoms with Gasteiger partial charge >= 0.3 is 0 Å². The molecular formula is C25H26N2O4. The topological polar surface area (TPSA) is 73.6 Å². The van der Waals surface area contributed by atoms with Crippen LogP contribution < -0.4 is 10.1 Å². The Hall–Kier alpha value is -3.12. The molecule has 6 nitrogen and oxygen atoms in total. The van der Waals surface area contributed by atoms with Gasteiger partial charge in [0.05, 0.1) is 19.5 Å². The van der Waals surface area contributed by atoms with Crippen molar-refractivity contribution < 1.29 is 18.7 Å². The number of furan rings is 1. The Morgan fingerprint density at radius 1 is 1.13 bits per heavy atom. The van der Waals surface area contributed by atoms with E-state index in [1.54, 1.807) is 12.5 Å². The molecule has 5 rings (SSSR count). The van der Waals surface area contributed by atoms with E-state index < -0.39 is 0 Å². The molecule has 1 aromatic carbocycles. The van der Waals surface area contributed by atoms with Gasteiger partial charge in [-0.05, 0) is 66.4 Å². The van der Waals surface area contributed by atoms with Crippen molar-refractivity contribution in [1.82, 2.24) is 4.98 Å². The molecule has 1 aliphatic carbocycles. The van der Waals surface area contributed by atoms with Gasteiger partial charge in [-0.25, -0.2) is 4.98 Å². The summed E-state index contributed by atoms with van der Waals surface area (Å²) < 4.78 is 17.0. The summed E-state index contributed by atoms with van der Waals surface area (Å²) in [5.74, 6) is 2.45. The average Bonchev–Trinajstić information content (AvgIpc) is 3.41. The molecular weight excluding hydrogens is 392 g/mol. The number of benzene rings is 1. The maximum atomic E-state index is 12.6. The van der Waals surface area contributed by atoms with Crippen molar-refractivity contribution in [1.29, 1.82) is 0 Å². The van der Waals surface area contributed by atoms with Crippen LogP contribution in [0.1, 0.15) is 36.5 Å². The van der Waals surface area contributed by atoms with E-state index in [1.807, 2.05) is 30.3 Å². The summed E-state index contributed by atoms with van der Waals surface area (Å²) in [4.78, 5) is 16.9. The summed E-state index contributed by atoms with van der Waals surface area (Å²) in [7, 11) is 0. The van der Waals surface area contributed by atoms with Crippen LogP contribution in [0.2, 0.25) is 0 Å². The molecule has 0 bridgehead atoms. The zero-order valence-corrected chi connectivity index (χ0v) is 17.5. The summed E-state index contributed by atoms with van der Waals surface area (Å²) >= 11 is 0. The van der Waals surface area contributed by atoms with E-state index in [0.717, 1.165) is 60.7 Å². The van der Waals surface area contributed by atoms with Crippen LogP contribution in [0.4, 0.5) is 5.82 Å². The first-order chi connectivity index (χ1) is 15.2. The first-order valence-electron chi connectivity index (χ1n) is 10.8. The maximum Gasteiger partial charge on any atom is 0.229 e. The standard InChI is InChI=1S/C25H26N2O4/c1-16-13-17(4-5-22(16)31-19-7-11-29-12-8-19)18-6-9-26-24(14-18)27-25(28)21-15-20(21)23-3-2-10-30-23/h2-6,9-10,13-14,19-21H,7-8,11-12,15H2,1H3,(H,26,27,28). The Balaban J connectivity index is 1.25. The highest BCUT2D eigenvalue weighted by molar-refractivity contribution is 5.94. The molecule has 1 aliphatic heterocycles. The molecule has 6 heteroatoms. The molecule has 0 radical (unpaired) electrons. The SMILES string of the molecule is Cc1cc(-c2ccnc(NC(=O)C3CC3c3ccco3)c2)ccc1OC1CCOCC1. The first-order valence-corrected chi connectivity index (χ1v) is 10.8. The summed E-state index contributed by atoms with van der Waals surface area (Å²) in [6.45, 7) is 3.58. The highest BCUT2D eigenvalue weighted by Gasteiger charge is 2.45. The molecule has 2 fully saturated rings. The fourth-order valence-corrected chi connectivity index (χ4v) is 4.13. The molecule has 31 heavy (non-hydrogen) atoms. The molecule has 160 valence electrons. The van der Waals surface area contributed by atoms with Crippen LogP contribution in [0.25, 0.3) is 11.1 Å². The molecule has 2 unspecified atom stereocenters. The van der Waals surface area contributed by atoms with E-state index in [2.05, 4.69) is 29.4 Å². The highest BCUT2D eigenvalue weighted by atomic mass is 16.5. The minimum absolute atomic E-state index is 0.0116. The predicted octanol–water partition coefficient (Wildman–Crippen LogP) is 4.95. The van der Waals surface area contributed by atoms with E-state index in [-0.39, 0.29) is 23.8 Å². The molecule has 2 aromatic heterocycles. The van der Waals surface area contributed by atoms with E-state index in [4.69, 9.17) is 13.9 Å². The monoisotopic (exact) mass is 418 g/mol. The number of hydrogen-bond acceptors (Lipinski definition) is 5. The minimum atomic E-state index is -0.0551. The molecule has 3 heterocycles. The van der Waals surface area contributed by atoms with Crippen molar-refractivity contribution in [3.63, 3.8) is 0 Å². The quantitative estimate of drug-likeness (QED) is 0.613. The number of ether oxygens (including phenoxy) is 2. The van der Waals surface area contributed by atoms with Crippen molar-refractivity contribution in [2.24, 2.45) is 5.92 Å². The number of pyridine rings is 1. The van der Waals surface area contributed by atoms with Gasteiger partial charge in [-0.1, -0.05) is 6.07 Å². The van der Waals surface area contributed by atoms with Crippen LogP contribution in [-0.4, -0.2) is 30.2 Å². The lowest BCUT2D eigenvalue weighted by Gasteiger charge is -2.24. The summed E-state index contributed by atoms with van der Waals surface area (Å²) in [5, 5.41) is 2.96. The number of anilines is 1. The summed E-state index contributed by atoms with van der Waals surface area (Å²) in [6.07, 6.45) is 6.26. The Labute approximate surface area is 181 Å². The van der Waals surface area contributed by atoms with E-state index in [9.17, 15) is 4.79 Å². The van der Waals surface area contributed by atoms with Crippen molar-refractivity contribution in [3.8, 4) is 16.9 Å². The maximum absolute atomic E-state index is 12.6. The van der Waals surface area contributed by atoms with E-state index in [1.165, 1.54) is 0 Å². The van der Waals surface area contributed by atoms with Crippen molar-refractivity contribution in [3.05, 3.63) is 66.2 Å². The van der Waals surface area contributed by atoms with Crippen molar-refractivity contribution in [2.45, 2.75) is 38.2 Å². The molecule has 1 N–H and O–H groups in total. The molecule has 1 saturated carbocycles. The Bertz CT molecular complexity index is 1060. The third-order valence-electron chi connectivity index (χ3n) is 6.02. The predicted molar refractivity (Wildman–Crippen MR) is 117 cm³/mol. The van der Waals surface area contributed by atoms with Gasteiger partial charge in [0.15, 0.2) is 0 Å². The van der Waals surface area contributed by atoms with Gasteiger partial charge in [-0.15, -0.1) is 0 Å². The number of aromatic nitrogens is 1. The molecule has 3 aromatic rings. The summed E-state index contributed by atoms with van der Waals surface area (Å²) in [5.41, 5.74) is 3.16. The van der Waals surface area contributed by atoms with Gasteiger partial charge in [-0.2, -0.15) is 0 Å². The Morgan fingerprint density at radius 3 is 2.74 bits per heavy atom. The van der Waals surface area contributed by atoms with Crippen LogP contribution in [0.15, 0.2) is 59.3 Å². The fraction of sp³-hybridized carbons (Fsp3) is 0.360. The number of nitrogens with zero attached hydrogens (tertiary/aromatic N) is 1. The van der Waals surface area contributed by atoms with Crippen LogP contribution in [0.5, 0.6) is 5.75 Å². The lowest BCUT2D eigenvalue weighted by atomic mass is 10.0. The van der Waals surface area contributed by atoms with Gasteiger partial charge in [0.1, 0.15) is 23.4 Å². The number of hydrogen-bond donors (Lipinski definition) is 1. The zero-order valence-electron chi connectivity index (χ0n) is 17.5. The molecule has 2 atom stereocenters. The van der Waals surface area contributed by atoms with Gasteiger partial charge < -0.3 is 19.2 Å².